The van der Waals surface area contributed by atoms with Crippen LogP contribution in [-0.2, 0) is 13.5 Å². The Morgan fingerprint density at radius 1 is 1.35 bits per heavy atom. The minimum atomic E-state index is -2.87. The molecule has 2 aromatic rings. The summed E-state index contributed by atoms with van der Waals surface area (Å²) in [5.74, 6) is 0.659. The SMILES string of the molecule is CCCc1c(-c2ccccc2OC(F)F)nn(C)c1N. The van der Waals surface area contributed by atoms with Gasteiger partial charge in [-0.25, -0.2) is 0 Å². The second-order valence-corrected chi connectivity index (χ2v) is 4.46. The number of aryl methyl sites for hydroxylation is 1. The highest BCUT2D eigenvalue weighted by atomic mass is 19.3. The molecule has 0 amide bonds. The Labute approximate surface area is 116 Å². The summed E-state index contributed by atoms with van der Waals surface area (Å²) in [6.45, 7) is -0.843. The molecule has 0 bridgehead atoms. The number of halogens is 2. The molecule has 2 N–H and O–H groups in total. The lowest BCUT2D eigenvalue weighted by Gasteiger charge is -2.10. The summed E-state index contributed by atoms with van der Waals surface area (Å²) in [6, 6.07) is 6.61. The molecule has 6 heteroatoms. The smallest absolute Gasteiger partial charge is 0.387 e. The summed E-state index contributed by atoms with van der Waals surface area (Å²) in [5, 5.41) is 4.33. The number of hydrogen-bond donors (Lipinski definition) is 1. The minimum Gasteiger partial charge on any atom is -0.434 e. The van der Waals surface area contributed by atoms with E-state index in [1.807, 2.05) is 6.92 Å². The molecular formula is C14H17F2N3O. The number of nitrogens with zero attached hydrogens (tertiary/aromatic N) is 2. The molecule has 1 aromatic heterocycles. The molecule has 0 unspecified atom stereocenters. The molecule has 0 aliphatic carbocycles. The highest BCUT2D eigenvalue weighted by Crippen LogP contribution is 2.34. The second-order valence-electron chi connectivity index (χ2n) is 4.46. The van der Waals surface area contributed by atoms with Gasteiger partial charge in [0.25, 0.3) is 0 Å². The molecule has 1 heterocycles. The standard InChI is InChI=1S/C14H17F2N3O/c1-3-6-10-12(18-19(2)13(10)17)9-7-4-5-8-11(9)20-14(15)16/h4-5,7-8,14H,3,6,17H2,1-2H3. The highest BCUT2D eigenvalue weighted by molar-refractivity contribution is 5.73. The van der Waals surface area contributed by atoms with Gasteiger partial charge >= 0.3 is 6.61 Å². The van der Waals surface area contributed by atoms with Crippen LogP contribution >= 0.6 is 0 Å². The number of rotatable bonds is 5. The predicted octanol–water partition coefficient (Wildman–Crippen LogP) is 3.22. The normalized spacial score (nSPS) is 11.1. The van der Waals surface area contributed by atoms with Crippen molar-refractivity contribution in [3.63, 3.8) is 0 Å². The first-order valence-electron chi connectivity index (χ1n) is 6.40. The molecule has 108 valence electrons. The number of hydrogen-bond acceptors (Lipinski definition) is 3. The maximum absolute atomic E-state index is 12.5. The zero-order valence-electron chi connectivity index (χ0n) is 11.4. The molecule has 1 aromatic carbocycles. The van der Waals surface area contributed by atoms with E-state index in [0.29, 0.717) is 17.1 Å². The Morgan fingerprint density at radius 2 is 2.05 bits per heavy atom. The summed E-state index contributed by atoms with van der Waals surface area (Å²) < 4.78 is 31.1. The first kappa shape index (κ1) is 14.3. The Morgan fingerprint density at radius 3 is 2.70 bits per heavy atom. The number of nitrogen functional groups attached to an aromatic ring is 1. The van der Waals surface area contributed by atoms with Gasteiger partial charge in [0, 0.05) is 18.2 Å². The molecule has 0 saturated carbocycles. The summed E-state index contributed by atoms with van der Waals surface area (Å²) in [7, 11) is 1.73. The van der Waals surface area contributed by atoms with Crippen LogP contribution in [-0.4, -0.2) is 16.4 Å². The second kappa shape index (κ2) is 5.90. The molecule has 0 saturated heterocycles. The van der Waals surface area contributed by atoms with Crippen LogP contribution < -0.4 is 10.5 Å². The number of aromatic nitrogens is 2. The minimum absolute atomic E-state index is 0.109. The molecule has 0 aliphatic rings. The average Bonchev–Trinajstić information content (AvgIpc) is 2.67. The van der Waals surface area contributed by atoms with Crippen molar-refractivity contribution in [3.05, 3.63) is 29.8 Å². The average molecular weight is 281 g/mol. The fourth-order valence-corrected chi connectivity index (χ4v) is 2.15. The topological polar surface area (TPSA) is 53.1 Å². The van der Waals surface area contributed by atoms with E-state index in [4.69, 9.17) is 5.73 Å². The van der Waals surface area contributed by atoms with Crippen molar-refractivity contribution >= 4 is 5.82 Å². The summed E-state index contributed by atoms with van der Waals surface area (Å²) in [5.41, 5.74) is 7.98. The van der Waals surface area contributed by atoms with E-state index >= 15 is 0 Å². The fraction of sp³-hybridized carbons (Fsp3) is 0.357. The van der Waals surface area contributed by atoms with E-state index in [1.165, 1.54) is 6.07 Å². The maximum Gasteiger partial charge on any atom is 0.387 e. The summed E-state index contributed by atoms with van der Waals surface area (Å²) >= 11 is 0. The van der Waals surface area contributed by atoms with E-state index in [9.17, 15) is 8.78 Å². The molecule has 0 radical (unpaired) electrons. The predicted molar refractivity (Wildman–Crippen MR) is 73.7 cm³/mol. The van der Waals surface area contributed by atoms with Gasteiger partial charge in [0.1, 0.15) is 17.3 Å². The first-order valence-corrected chi connectivity index (χ1v) is 6.40. The van der Waals surface area contributed by atoms with Gasteiger partial charge in [-0.3, -0.25) is 4.68 Å². The van der Waals surface area contributed by atoms with Gasteiger partial charge in [-0.15, -0.1) is 0 Å². The maximum atomic E-state index is 12.5. The molecular weight excluding hydrogens is 264 g/mol. The van der Waals surface area contributed by atoms with Gasteiger partial charge in [-0.1, -0.05) is 25.5 Å². The Hall–Kier alpha value is -2.11. The van der Waals surface area contributed by atoms with E-state index in [0.717, 1.165) is 18.4 Å². The zero-order valence-corrected chi connectivity index (χ0v) is 11.4. The highest BCUT2D eigenvalue weighted by Gasteiger charge is 2.19. The van der Waals surface area contributed by atoms with Crippen LogP contribution in [0.2, 0.25) is 0 Å². The van der Waals surface area contributed by atoms with Crippen LogP contribution in [0.1, 0.15) is 18.9 Å². The van der Waals surface area contributed by atoms with E-state index < -0.39 is 6.61 Å². The van der Waals surface area contributed by atoms with Crippen LogP contribution in [0.3, 0.4) is 0 Å². The summed E-state index contributed by atoms with van der Waals surface area (Å²) in [6.07, 6.45) is 1.62. The Kier molecular flexibility index (Phi) is 4.22. The van der Waals surface area contributed by atoms with Crippen molar-refractivity contribution in [2.75, 3.05) is 5.73 Å². The van der Waals surface area contributed by atoms with Crippen LogP contribution in [0.4, 0.5) is 14.6 Å². The number of ether oxygens (including phenoxy) is 1. The molecule has 0 spiro atoms. The van der Waals surface area contributed by atoms with Crippen molar-refractivity contribution in [1.29, 1.82) is 0 Å². The van der Waals surface area contributed by atoms with E-state index in [2.05, 4.69) is 9.84 Å². The van der Waals surface area contributed by atoms with E-state index in [-0.39, 0.29) is 5.75 Å². The number of para-hydroxylation sites is 1. The van der Waals surface area contributed by atoms with Crippen LogP contribution in [0.5, 0.6) is 5.75 Å². The molecule has 0 fully saturated rings. The Balaban J connectivity index is 2.54. The van der Waals surface area contributed by atoms with Crippen LogP contribution in [0.15, 0.2) is 24.3 Å². The third kappa shape index (κ3) is 2.74. The lowest BCUT2D eigenvalue weighted by atomic mass is 10.0. The monoisotopic (exact) mass is 281 g/mol. The largest absolute Gasteiger partial charge is 0.434 e. The molecule has 4 nitrogen and oxygen atoms in total. The number of alkyl halides is 2. The number of nitrogens with two attached hydrogens (primary N) is 1. The lowest BCUT2D eigenvalue weighted by Crippen LogP contribution is -2.03. The molecule has 0 aliphatic heterocycles. The number of anilines is 1. The third-order valence-corrected chi connectivity index (χ3v) is 3.05. The first-order chi connectivity index (χ1) is 9.54. The van der Waals surface area contributed by atoms with Gasteiger partial charge in [0.15, 0.2) is 0 Å². The molecule has 2 rings (SSSR count). The van der Waals surface area contributed by atoms with E-state index in [1.54, 1.807) is 29.9 Å². The third-order valence-electron chi connectivity index (χ3n) is 3.05. The van der Waals surface area contributed by atoms with Crippen molar-refractivity contribution in [2.24, 2.45) is 7.05 Å². The van der Waals surface area contributed by atoms with Crippen LogP contribution in [0, 0.1) is 0 Å². The summed E-state index contributed by atoms with van der Waals surface area (Å²) in [4.78, 5) is 0. The molecule has 20 heavy (non-hydrogen) atoms. The van der Waals surface area contributed by atoms with Crippen LogP contribution in [0.25, 0.3) is 11.3 Å². The number of benzene rings is 1. The lowest BCUT2D eigenvalue weighted by molar-refractivity contribution is -0.0494. The van der Waals surface area contributed by atoms with Crippen molar-refractivity contribution in [3.8, 4) is 17.0 Å². The van der Waals surface area contributed by atoms with Crippen molar-refractivity contribution < 1.29 is 13.5 Å². The van der Waals surface area contributed by atoms with Gasteiger partial charge < -0.3 is 10.5 Å². The Bertz CT molecular complexity index is 596. The van der Waals surface area contributed by atoms with Gasteiger partial charge in [0.2, 0.25) is 0 Å². The van der Waals surface area contributed by atoms with Crippen molar-refractivity contribution in [1.82, 2.24) is 9.78 Å². The van der Waals surface area contributed by atoms with Gasteiger partial charge in [0.05, 0.1) is 0 Å². The fourth-order valence-electron chi connectivity index (χ4n) is 2.15. The molecule has 0 atom stereocenters. The van der Waals surface area contributed by atoms with Gasteiger partial charge in [-0.05, 0) is 18.6 Å². The zero-order chi connectivity index (χ0) is 14.7. The van der Waals surface area contributed by atoms with Gasteiger partial charge in [-0.2, -0.15) is 13.9 Å². The van der Waals surface area contributed by atoms with Crippen molar-refractivity contribution in [2.45, 2.75) is 26.4 Å². The quantitative estimate of drug-likeness (QED) is 0.915.